The zero-order chi connectivity index (χ0) is 13.8. The second kappa shape index (κ2) is 6.20. The molecule has 102 valence electrons. The number of nitrogens with zero attached hydrogens (tertiary/aromatic N) is 1. The number of hydrogen-bond acceptors (Lipinski definition) is 4. The van der Waals surface area contributed by atoms with Gasteiger partial charge in [0.25, 0.3) is 5.91 Å². The highest BCUT2D eigenvalue weighted by molar-refractivity contribution is 7.14. The summed E-state index contributed by atoms with van der Waals surface area (Å²) in [6, 6.07) is 1.84. The predicted molar refractivity (Wildman–Crippen MR) is 76.1 cm³/mol. The summed E-state index contributed by atoms with van der Waals surface area (Å²) in [5.74, 6) is 5.80. The SMILES string of the molecule is Cc1cc(C(=O)N2CCCC2CO)sc1C#CCN. The van der Waals surface area contributed by atoms with Crippen LogP contribution >= 0.6 is 11.3 Å². The number of hydrogen-bond donors (Lipinski definition) is 2. The fourth-order valence-corrected chi connectivity index (χ4v) is 3.28. The van der Waals surface area contributed by atoms with Gasteiger partial charge in [-0.1, -0.05) is 11.8 Å². The minimum absolute atomic E-state index is 0.00504. The molecule has 0 aromatic carbocycles. The van der Waals surface area contributed by atoms with Crippen molar-refractivity contribution in [2.45, 2.75) is 25.8 Å². The number of aliphatic hydroxyl groups is 1. The third-order valence-electron chi connectivity index (χ3n) is 3.28. The number of nitrogens with two attached hydrogens (primary N) is 1. The standard InChI is InChI=1S/C14H18N2O2S/c1-10-8-13(19-12(10)5-2-6-15)14(18)16-7-3-4-11(16)9-17/h8,11,17H,3-4,6-7,9,15H2,1H3. The lowest BCUT2D eigenvalue weighted by Crippen LogP contribution is -2.37. The Bertz CT molecular complexity index is 527. The van der Waals surface area contributed by atoms with Crippen molar-refractivity contribution >= 4 is 17.2 Å². The van der Waals surface area contributed by atoms with Crippen LogP contribution in [0.25, 0.3) is 0 Å². The number of aryl methyl sites for hydroxylation is 1. The van der Waals surface area contributed by atoms with Gasteiger partial charge in [0.1, 0.15) is 0 Å². The summed E-state index contributed by atoms with van der Waals surface area (Å²) in [5.41, 5.74) is 6.37. The van der Waals surface area contributed by atoms with E-state index in [1.54, 1.807) is 4.90 Å². The predicted octanol–water partition coefficient (Wildman–Crippen LogP) is 0.964. The number of rotatable bonds is 2. The fourth-order valence-electron chi connectivity index (χ4n) is 2.28. The Hall–Kier alpha value is -1.35. The van der Waals surface area contributed by atoms with E-state index in [1.807, 2.05) is 13.0 Å². The van der Waals surface area contributed by atoms with Crippen molar-refractivity contribution in [2.24, 2.45) is 5.73 Å². The quantitative estimate of drug-likeness (QED) is 0.792. The number of carbonyl (C=O) groups excluding carboxylic acids is 1. The maximum absolute atomic E-state index is 12.4. The van der Waals surface area contributed by atoms with E-state index in [2.05, 4.69) is 11.8 Å². The molecule has 0 radical (unpaired) electrons. The first-order valence-corrected chi connectivity index (χ1v) is 7.20. The highest BCUT2D eigenvalue weighted by Crippen LogP contribution is 2.26. The van der Waals surface area contributed by atoms with Crippen LogP contribution in [0.2, 0.25) is 0 Å². The van der Waals surface area contributed by atoms with E-state index in [0.29, 0.717) is 11.4 Å². The van der Waals surface area contributed by atoms with E-state index in [0.717, 1.165) is 29.8 Å². The molecule has 1 aromatic rings. The van der Waals surface area contributed by atoms with E-state index < -0.39 is 0 Å². The molecule has 0 saturated carbocycles. The molecule has 5 heteroatoms. The summed E-state index contributed by atoms with van der Waals surface area (Å²) in [5, 5.41) is 9.28. The molecule has 2 heterocycles. The van der Waals surface area contributed by atoms with Crippen LogP contribution in [0.1, 0.15) is 33.0 Å². The lowest BCUT2D eigenvalue weighted by molar-refractivity contribution is 0.0682. The van der Waals surface area contributed by atoms with E-state index in [4.69, 9.17) is 5.73 Å². The molecule has 19 heavy (non-hydrogen) atoms. The topological polar surface area (TPSA) is 66.6 Å². The van der Waals surface area contributed by atoms with Gasteiger partial charge in [-0.3, -0.25) is 4.79 Å². The summed E-state index contributed by atoms with van der Waals surface area (Å²) >= 11 is 1.40. The molecule has 0 bridgehead atoms. The average molecular weight is 278 g/mol. The van der Waals surface area contributed by atoms with Crippen LogP contribution in [-0.2, 0) is 0 Å². The van der Waals surface area contributed by atoms with E-state index >= 15 is 0 Å². The van der Waals surface area contributed by atoms with Crippen LogP contribution in [-0.4, -0.2) is 41.7 Å². The minimum atomic E-state index is -0.0338. The molecule has 4 nitrogen and oxygen atoms in total. The first-order chi connectivity index (χ1) is 9.17. The van der Waals surface area contributed by atoms with E-state index in [9.17, 15) is 9.90 Å². The molecule has 1 amide bonds. The molecular weight excluding hydrogens is 260 g/mol. The summed E-state index contributed by atoms with van der Waals surface area (Å²) in [7, 11) is 0. The normalized spacial score (nSPS) is 18.3. The highest BCUT2D eigenvalue weighted by atomic mass is 32.1. The van der Waals surface area contributed by atoms with Crippen LogP contribution in [0, 0.1) is 18.8 Å². The molecule has 1 fully saturated rings. The summed E-state index contributed by atoms with van der Waals surface area (Å²) < 4.78 is 0. The van der Waals surface area contributed by atoms with Crippen LogP contribution in [0.3, 0.4) is 0 Å². The zero-order valence-corrected chi connectivity index (χ0v) is 11.8. The van der Waals surface area contributed by atoms with Gasteiger partial charge in [0.15, 0.2) is 0 Å². The van der Waals surface area contributed by atoms with Crippen molar-refractivity contribution < 1.29 is 9.90 Å². The summed E-state index contributed by atoms with van der Waals surface area (Å²) in [6.45, 7) is 3.03. The van der Waals surface area contributed by atoms with Crippen LogP contribution in [0.15, 0.2) is 6.07 Å². The van der Waals surface area contributed by atoms with Crippen molar-refractivity contribution in [3.8, 4) is 11.8 Å². The molecule has 1 saturated heterocycles. The van der Waals surface area contributed by atoms with Crippen LogP contribution in [0.5, 0.6) is 0 Å². The molecule has 1 aliphatic rings. The Morgan fingerprint density at radius 2 is 2.47 bits per heavy atom. The summed E-state index contributed by atoms with van der Waals surface area (Å²) in [6.07, 6.45) is 1.84. The smallest absolute Gasteiger partial charge is 0.264 e. The Morgan fingerprint density at radius 3 is 3.16 bits per heavy atom. The molecule has 1 aliphatic heterocycles. The lowest BCUT2D eigenvalue weighted by Gasteiger charge is -2.22. The van der Waals surface area contributed by atoms with Gasteiger partial charge in [0, 0.05) is 6.54 Å². The van der Waals surface area contributed by atoms with Gasteiger partial charge in [-0.15, -0.1) is 11.3 Å². The van der Waals surface area contributed by atoms with Crippen molar-refractivity contribution in [1.29, 1.82) is 0 Å². The molecule has 0 aliphatic carbocycles. The Kier molecular flexibility index (Phi) is 4.59. The maximum atomic E-state index is 12.4. The van der Waals surface area contributed by atoms with Crippen molar-refractivity contribution in [1.82, 2.24) is 4.90 Å². The van der Waals surface area contributed by atoms with Gasteiger partial charge in [-0.25, -0.2) is 0 Å². The monoisotopic (exact) mass is 278 g/mol. The van der Waals surface area contributed by atoms with E-state index in [-0.39, 0.29) is 18.6 Å². The van der Waals surface area contributed by atoms with E-state index in [1.165, 1.54) is 11.3 Å². The van der Waals surface area contributed by atoms with Gasteiger partial charge in [0.2, 0.25) is 0 Å². The molecule has 3 N–H and O–H groups in total. The molecule has 0 spiro atoms. The largest absolute Gasteiger partial charge is 0.394 e. The van der Waals surface area contributed by atoms with Crippen LogP contribution < -0.4 is 5.73 Å². The molecule has 2 rings (SSSR count). The first kappa shape index (κ1) is 14.1. The Morgan fingerprint density at radius 1 is 1.68 bits per heavy atom. The molecular formula is C14H18N2O2S. The Labute approximate surface area is 117 Å². The number of likely N-dealkylation sites (tertiary alicyclic amines) is 1. The summed E-state index contributed by atoms with van der Waals surface area (Å²) in [4.78, 5) is 15.8. The highest BCUT2D eigenvalue weighted by Gasteiger charge is 2.29. The van der Waals surface area contributed by atoms with Crippen molar-refractivity contribution in [2.75, 3.05) is 19.7 Å². The van der Waals surface area contributed by atoms with Gasteiger partial charge < -0.3 is 15.7 Å². The molecule has 1 aromatic heterocycles. The third-order valence-corrected chi connectivity index (χ3v) is 4.42. The van der Waals surface area contributed by atoms with Gasteiger partial charge in [-0.2, -0.15) is 0 Å². The van der Waals surface area contributed by atoms with Gasteiger partial charge in [-0.05, 0) is 31.4 Å². The fraction of sp³-hybridized carbons (Fsp3) is 0.500. The molecule has 1 unspecified atom stereocenters. The van der Waals surface area contributed by atoms with Crippen molar-refractivity contribution in [3.05, 3.63) is 21.4 Å². The number of aliphatic hydroxyl groups excluding tert-OH is 1. The first-order valence-electron chi connectivity index (χ1n) is 6.38. The van der Waals surface area contributed by atoms with Gasteiger partial charge >= 0.3 is 0 Å². The number of thiophene rings is 1. The second-order valence-electron chi connectivity index (χ2n) is 4.61. The zero-order valence-electron chi connectivity index (χ0n) is 11.0. The average Bonchev–Trinajstić information content (AvgIpc) is 3.02. The van der Waals surface area contributed by atoms with Crippen LogP contribution in [0.4, 0.5) is 0 Å². The van der Waals surface area contributed by atoms with Gasteiger partial charge in [0.05, 0.1) is 28.9 Å². The molecule has 1 atom stereocenters. The number of carbonyl (C=O) groups is 1. The van der Waals surface area contributed by atoms with Crippen molar-refractivity contribution in [3.63, 3.8) is 0 Å². The lowest BCUT2D eigenvalue weighted by atomic mass is 10.2. The Balaban J connectivity index is 2.20. The minimum Gasteiger partial charge on any atom is -0.394 e. The maximum Gasteiger partial charge on any atom is 0.264 e. The number of amides is 1. The second-order valence-corrected chi connectivity index (χ2v) is 5.66. The third kappa shape index (κ3) is 2.98.